The first kappa shape index (κ1) is 12.3. The molecule has 0 radical (unpaired) electrons. The van der Waals surface area contributed by atoms with Crippen molar-refractivity contribution in [2.45, 2.75) is 39.0 Å². The Morgan fingerprint density at radius 2 is 2.05 bits per heavy atom. The summed E-state index contributed by atoms with van der Waals surface area (Å²) in [5.74, 6) is 2.05. The van der Waals surface area contributed by atoms with Gasteiger partial charge >= 0.3 is 0 Å². The van der Waals surface area contributed by atoms with Gasteiger partial charge in [-0.05, 0) is 36.8 Å². The molecule has 4 atom stereocenters. The summed E-state index contributed by atoms with van der Waals surface area (Å²) in [5.41, 5.74) is 2.55. The Balaban J connectivity index is 1.77. The quantitative estimate of drug-likeness (QED) is 0.631. The average molecular weight is 268 g/mol. The molecule has 0 saturated heterocycles. The molecular weight excluding hydrogens is 248 g/mol. The van der Waals surface area contributed by atoms with Gasteiger partial charge in [0.1, 0.15) is 5.78 Å². The van der Waals surface area contributed by atoms with Crippen LogP contribution in [0.25, 0.3) is 0 Å². The molecule has 0 aromatic heterocycles. The lowest BCUT2D eigenvalue weighted by molar-refractivity contribution is -0.126. The number of carbonyl (C=O) groups is 2. The van der Waals surface area contributed by atoms with Crippen molar-refractivity contribution < 1.29 is 9.59 Å². The lowest BCUT2D eigenvalue weighted by Crippen LogP contribution is -2.39. The van der Waals surface area contributed by atoms with Crippen molar-refractivity contribution in [2.75, 3.05) is 0 Å². The Labute approximate surface area is 119 Å². The molecule has 20 heavy (non-hydrogen) atoms. The third kappa shape index (κ3) is 1.51. The minimum absolute atomic E-state index is 0.135. The van der Waals surface area contributed by atoms with E-state index in [1.165, 1.54) is 11.1 Å². The highest BCUT2D eigenvalue weighted by Crippen LogP contribution is 2.56. The van der Waals surface area contributed by atoms with Gasteiger partial charge in [-0.15, -0.1) is 0 Å². The highest BCUT2D eigenvalue weighted by Gasteiger charge is 2.52. The van der Waals surface area contributed by atoms with Crippen molar-refractivity contribution in [2.24, 2.45) is 23.2 Å². The van der Waals surface area contributed by atoms with E-state index in [-0.39, 0.29) is 11.2 Å². The molecule has 1 fully saturated rings. The van der Waals surface area contributed by atoms with Crippen LogP contribution in [0, 0.1) is 23.2 Å². The predicted octanol–water partition coefficient (Wildman–Crippen LogP) is 3.39. The van der Waals surface area contributed by atoms with Crippen LogP contribution in [0.2, 0.25) is 0 Å². The van der Waals surface area contributed by atoms with Crippen molar-refractivity contribution in [3.8, 4) is 0 Å². The van der Waals surface area contributed by atoms with Gasteiger partial charge in [0.15, 0.2) is 5.78 Å². The van der Waals surface area contributed by atoms with Crippen LogP contribution >= 0.6 is 0 Å². The van der Waals surface area contributed by atoms with E-state index in [0.717, 1.165) is 25.7 Å². The van der Waals surface area contributed by atoms with Crippen LogP contribution in [-0.4, -0.2) is 11.6 Å². The number of ketones is 2. The molecule has 4 aliphatic rings. The smallest absolute Gasteiger partial charge is 0.156 e. The summed E-state index contributed by atoms with van der Waals surface area (Å²) in [6.45, 7) is 2.16. The Morgan fingerprint density at radius 1 is 1.20 bits per heavy atom. The van der Waals surface area contributed by atoms with Crippen LogP contribution < -0.4 is 0 Å². The van der Waals surface area contributed by atoms with Crippen molar-refractivity contribution in [1.82, 2.24) is 0 Å². The van der Waals surface area contributed by atoms with Crippen molar-refractivity contribution in [3.05, 3.63) is 35.5 Å². The summed E-state index contributed by atoms with van der Waals surface area (Å²) in [6, 6.07) is 0. The summed E-state index contributed by atoms with van der Waals surface area (Å²) in [7, 11) is 0. The predicted molar refractivity (Wildman–Crippen MR) is 77.0 cm³/mol. The summed E-state index contributed by atoms with van der Waals surface area (Å²) in [6.07, 6.45) is 12.9. The average Bonchev–Trinajstić information content (AvgIpc) is 2.74. The maximum atomic E-state index is 12.2. The van der Waals surface area contributed by atoms with Gasteiger partial charge in [0.25, 0.3) is 0 Å². The monoisotopic (exact) mass is 268 g/mol. The zero-order valence-corrected chi connectivity index (χ0v) is 11.9. The van der Waals surface area contributed by atoms with Crippen LogP contribution in [0.1, 0.15) is 39.0 Å². The lowest BCUT2D eigenvalue weighted by atomic mass is 9.59. The molecular formula is C18H20O2. The molecule has 0 aromatic rings. The van der Waals surface area contributed by atoms with E-state index in [9.17, 15) is 9.59 Å². The molecule has 4 aliphatic carbocycles. The molecule has 0 spiro atoms. The number of hydrogen-bond acceptors (Lipinski definition) is 2. The van der Waals surface area contributed by atoms with Gasteiger partial charge in [0.2, 0.25) is 0 Å². The fraction of sp³-hybridized carbons (Fsp3) is 0.556. The van der Waals surface area contributed by atoms with Crippen molar-refractivity contribution in [1.29, 1.82) is 0 Å². The third-order valence-corrected chi connectivity index (χ3v) is 6.03. The fourth-order valence-corrected chi connectivity index (χ4v) is 4.81. The highest BCUT2D eigenvalue weighted by atomic mass is 16.1. The first-order valence-corrected chi connectivity index (χ1v) is 7.75. The van der Waals surface area contributed by atoms with E-state index in [0.29, 0.717) is 30.0 Å². The number of allylic oxidation sites excluding steroid dienone is 6. The molecule has 4 rings (SSSR count). The number of carbonyl (C=O) groups excluding carboxylic acids is 2. The van der Waals surface area contributed by atoms with Crippen LogP contribution in [0.4, 0.5) is 0 Å². The normalized spacial score (nSPS) is 42.5. The van der Waals surface area contributed by atoms with Crippen LogP contribution in [-0.2, 0) is 9.59 Å². The Kier molecular flexibility index (Phi) is 2.48. The van der Waals surface area contributed by atoms with Gasteiger partial charge in [-0.25, -0.2) is 0 Å². The zero-order chi connectivity index (χ0) is 13.9. The molecule has 0 aliphatic heterocycles. The standard InChI is InChI=1S/C18H20O2/c1-18-9-8-14-13-5-3-12(19)10-11(13)2-4-15(14)16(18)6-7-17(18)20/h2,4,8,10,13,15-16H,3,5-7,9H2,1H3/t13-,15+,16-,18-/m0/s1. The number of hydrogen-bond donors (Lipinski definition) is 0. The molecule has 0 amide bonds. The van der Waals surface area contributed by atoms with Gasteiger partial charge in [-0.3, -0.25) is 9.59 Å². The summed E-state index contributed by atoms with van der Waals surface area (Å²) < 4.78 is 0. The molecule has 0 N–H and O–H groups in total. The number of Topliss-reactive ketones (excluding diaryl/α,β-unsaturated/α-hetero) is 1. The SMILES string of the molecule is C[C@]12CC=C3[C@H]4CCC(=O)C=C4C=C[C@H]3[C@@H]1CCC2=O. The van der Waals surface area contributed by atoms with E-state index in [1.54, 1.807) is 0 Å². The van der Waals surface area contributed by atoms with Crippen LogP contribution in [0.5, 0.6) is 0 Å². The van der Waals surface area contributed by atoms with Crippen LogP contribution in [0.3, 0.4) is 0 Å². The van der Waals surface area contributed by atoms with Gasteiger partial charge in [-0.1, -0.05) is 30.7 Å². The molecule has 0 aromatic carbocycles. The minimum Gasteiger partial charge on any atom is -0.299 e. The first-order valence-electron chi connectivity index (χ1n) is 7.75. The second-order valence-corrected chi connectivity index (χ2v) is 6.98. The molecule has 1 saturated carbocycles. The largest absolute Gasteiger partial charge is 0.299 e. The summed E-state index contributed by atoms with van der Waals surface area (Å²) in [5, 5.41) is 0. The van der Waals surface area contributed by atoms with Gasteiger partial charge < -0.3 is 0 Å². The second-order valence-electron chi connectivity index (χ2n) is 6.98. The third-order valence-electron chi connectivity index (χ3n) is 6.03. The summed E-state index contributed by atoms with van der Waals surface area (Å²) >= 11 is 0. The number of rotatable bonds is 0. The minimum atomic E-state index is -0.135. The highest BCUT2D eigenvalue weighted by molar-refractivity contribution is 5.92. The van der Waals surface area contributed by atoms with Crippen molar-refractivity contribution in [3.63, 3.8) is 0 Å². The lowest BCUT2D eigenvalue weighted by Gasteiger charge is -2.44. The maximum absolute atomic E-state index is 12.2. The Bertz CT molecular complexity index is 593. The topological polar surface area (TPSA) is 34.1 Å². The van der Waals surface area contributed by atoms with E-state index in [2.05, 4.69) is 25.2 Å². The van der Waals surface area contributed by atoms with Gasteiger partial charge in [0.05, 0.1) is 0 Å². The first-order chi connectivity index (χ1) is 9.59. The van der Waals surface area contributed by atoms with E-state index in [4.69, 9.17) is 0 Å². The zero-order valence-electron chi connectivity index (χ0n) is 11.9. The molecule has 0 unspecified atom stereocenters. The fourth-order valence-electron chi connectivity index (χ4n) is 4.81. The van der Waals surface area contributed by atoms with Gasteiger partial charge in [-0.2, -0.15) is 0 Å². The second kappa shape index (κ2) is 4.03. The molecule has 0 bridgehead atoms. The molecule has 2 heteroatoms. The van der Waals surface area contributed by atoms with Crippen molar-refractivity contribution >= 4 is 11.6 Å². The Morgan fingerprint density at radius 3 is 2.90 bits per heavy atom. The molecule has 104 valence electrons. The Hall–Kier alpha value is -1.44. The number of fused-ring (bicyclic) bond motifs is 5. The summed E-state index contributed by atoms with van der Waals surface area (Å²) in [4.78, 5) is 23.8. The maximum Gasteiger partial charge on any atom is 0.156 e. The molecule has 2 nitrogen and oxygen atoms in total. The van der Waals surface area contributed by atoms with E-state index < -0.39 is 0 Å². The molecule has 0 heterocycles. The van der Waals surface area contributed by atoms with Crippen LogP contribution in [0.15, 0.2) is 35.5 Å². The van der Waals surface area contributed by atoms with E-state index >= 15 is 0 Å². The van der Waals surface area contributed by atoms with Gasteiger partial charge in [0, 0.05) is 30.1 Å². The van der Waals surface area contributed by atoms with E-state index in [1.807, 2.05) is 6.08 Å².